The molecule has 0 aliphatic rings. The average molecular weight is 212 g/mol. The Morgan fingerprint density at radius 1 is 1.67 bits per heavy atom. The van der Waals surface area contributed by atoms with Crippen LogP contribution in [0.15, 0.2) is 0 Å². The van der Waals surface area contributed by atoms with E-state index in [0.717, 1.165) is 0 Å². The minimum atomic E-state index is -3.58. The first-order valence-corrected chi connectivity index (χ1v) is 5.97. The molecule has 1 N–H and O–H groups in total. The number of hydrogen-bond donors (Lipinski definition) is 2. The predicted molar refractivity (Wildman–Crippen MR) is 53.7 cm³/mol. The molecular formula is C7H17O3PS. The van der Waals surface area contributed by atoms with Crippen LogP contribution in [0.2, 0.25) is 0 Å². The van der Waals surface area contributed by atoms with Crippen LogP contribution in [0.5, 0.6) is 0 Å². The molecule has 0 saturated heterocycles. The van der Waals surface area contributed by atoms with Crippen molar-refractivity contribution >= 4 is 20.2 Å². The van der Waals surface area contributed by atoms with Gasteiger partial charge in [-0.15, -0.1) is 0 Å². The molecule has 2 atom stereocenters. The third kappa shape index (κ3) is 3.48. The lowest BCUT2D eigenvalue weighted by atomic mass is 10.3. The Morgan fingerprint density at radius 2 is 2.08 bits per heavy atom. The second-order valence-corrected chi connectivity index (χ2v) is 7.18. The molecule has 0 saturated carbocycles. The molecule has 0 amide bonds. The van der Waals surface area contributed by atoms with Gasteiger partial charge in [0.25, 0.3) is 0 Å². The van der Waals surface area contributed by atoms with Gasteiger partial charge in [-0.25, -0.2) is 0 Å². The Kier molecular flexibility index (Phi) is 4.31. The highest BCUT2D eigenvalue weighted by atomic mass is 32.1. The molecular weight excluding hydrogens is 195 g/mol. The molecule has 2 unspecified atom stereocenters. The molecule has 12 heavy (non-hydrogen) atoms. The van der Waals surface area contributed by atoms with E-state index in [2.05, 4.69) is 12.6 Å². The monoisotopic (exact) mass is 212 g/mol. The molecule has 74 valence electrons. The van der Waals surface area contributed by atoms with Gasteiger partial charge >= 0.3 is 7.60 Å². The molecule has 0 aromatic rings. The minimum absolute atomic E-state index is 0.202. The van der Waals surface area contributed by atoms with Crippen molar-refractivity contribution in [1.82, 2.24) is 0 Å². The highest BCUT2D eigenvalue weighted by Gasteiger charge is 2.38. The number of hydrogen-bond acceptors (Lipinski definition) is 3. The molecule has 0 rings (SSSR count). The van der Waals surface area contributed by atoms with Crippen LogP contribution in [0, 0.1) is 0 Å². The zero-order valence-electron chi connectivity index (χ0n) is 7.94. The van der Waals surface area contributed by atoms with E-state index >= 15 is 0 Å². The lowest BCUT2D eigenvalue weighted by Gasteiger charge is -2.26. The second kappa shape index (κ2) is 4.14. The van der Waals surface area contributed by atoms with E-state index in [1.54, 1.807) is 20.8 Å². The fourth-order valence-electron chi connectivity index (χ4n) is 0.447. The van der Waals surface area contributed by atoms with E-state index in [1.807, 2.05) is 6.92 Å². The summed E-state index contributed by atoms with van der Waals surface area (Å²) in [5, 5.41) is 0. The van der Waals surface area contributed by atoms with Crippen molar-refractivity contribution in [2.24, 2.45) is 0 Å². The lowest BCUT2D eigenvalue weighted by molar-refractivity contribution is 0.179. The SMILES string of the molecule is CCC(C)OP(=O)(O)C(C)(C)S. The summed E-state index contributed by atoms with van der Waals surface area (Å²) in [7, 11) is -3.58. The highest BCUT2D eigenvalue weighted by Crippen LogP contribution is 2.58. The Labute approximate surface area is 79.5 Å². The van der Waals surface area contributed by atoms with E-state index in [4.69, 9.17) is 4.52 Å². The maximum absolute atomic E-state index is 11.5. The van der Waals surface area contributed by atoms with Gasteiger partial charge in [0.2, 0.25) is 0 Å². The van der Waals surface area contributed by atoms with E-state index in [-0.39, 0.29) is 6.10 Å². The molecule has 3 nitrogen and oxygen atoms in total. The summed E-state index contributed by atoms with van der Waals surface area (Å²) >= 11 is 4.01. The minimum Gasteiger partial charge on any atom is -0.323 e. The third-order valence-corrected chi connectivity index (χ3v) is 4.38. The fourth-order valence-corrected chi connectivity index (χ4v) is 1.48. The Balaban J connectivity index is 4.34. The summed E-state index contributed by atoms with van der Waals surface area (Å²) in [5.74, 6) is 0. The highest BCUT2D eigenvalue weighted by molar-refractivity contribution is 7.91. The van der Waals surface area contributed by atoms with Crippen molar-refractivity contribution in [1.29, 1.82) is 0 Å². The normalized spacial score (nSPS) is 20.2. The molecule has 0 aliphatic heterocycles. The van der Waals surface area contributed by atoms with Crippen LogP contribution in [0.25, 0.3) is 0 Å². The van der Waals surface area contributed by atoms with Gasteiger partial charge in [0.05, 0.1) is 6.10 Å². The van der Waals surface area contributed by atoms with Gasteiger partial charge < -0.3 is 9.42 Å². The van der Waals surface area contributed by atoms with Crippen molar-refractivity contribution in [3.63, 3.8) is 0 Å². The Bertz CT molecular complexity index is 188. The lowest BCUT2D eigenvalue weighted by Crippen LogP contribution is -2.17. The summed E-state index contributed by atoms with van der Waals surface area (Å²) in [6.45, 7) is 6.80. The summed E-state index contributed by atoms with van der Waals surface area (Å²) in [4.78, 5) is 9.41. The average Bonchev–Trinajstić information content (AvgIpc) is 1.84. The Hall–Kier alpha value is 0.500. The molecule has 0 aliphatic carbocycles. The van der Waals surface area contributed by atoms with Gasteiger partial charge in [0, 0.05) is 0 Å². The first-order chi connectivity index (χ1) is 5.20. The maximum Gasteiger partial charge on any atom is 0.343 e. The molecule has 0 aromatic heterocycles. The summed E-state index contributed by atoms with van der Waals surface area (Å²) in [6.07, 6.45) is 0.515. The van der Waals surface area contributed by atoms with Gasteiger partial charge in [-0.2, -0.15) is 12.6 Å². The smallest absolute Gasteiger partial charge is 0.323 e. The van der Waals surface area contributed by atoms with E-state index in [1.165, 1.54) is 0 Å². The van der Waals surface area contributed by atoms with Gasteiger partial charge in [-0.3, -0.25) is 4.57 Å². The molecule has 0 spiro atoms. The molecule has 5 heteroatoms. The fraction of sp³-hybridized carbons (Fsp3) is 1.00. The van der Waals surface area contributed by atoms with E-state index in [0.29, 0.717) is 6.42 Å². The van der Waals surface area contributed by atoms with Crippen LogP contribution in [0.1, 0.15) is 34.1 Å². The van der Waals surface area contributed by atoms with Crippen LogP contribution < -0.4 is 0 Å². The van der Waals surface area contributed by atoms with Crippen molar-refractivity contribution in [3.8, 4) is 0 Å². The van der Waals surface area contributed by atoms with Crippen LogP contribution >= 0.6 is 20.2 Å². The maximum atomic E-state index is 11.5. The van der Waals surface area contributed by atoms with Crippen molar-refractivity contribution in [3.05, 3.63) is 0 Å². The zero-order chi connectivity index (χ0) is 9.99. The molecule has 0 heterocycles. The molecule has 0 radical (unpaired) electrons. The van der Waals surface area contributed by atoms with E-state index in [9.17, 15) is 9.46 Å². The summed E-state index contributed by atoms with van der Waals surface area (Å²) in [5.41, 5.74) is 0. The Morgan fingerprint density at radius 3 is 2.33 bits per heavy atom. The van der Waals surface area contributed by atoms with Crippen molar-refractivity contribution in [2.45, 2.75) is 44.7 Å². The number of thiol groups is 1. The van der Waals surface area contributed by atoms with Crippen molar-refractivity contribution in [2.75, 3.05) is 0 Å². The molecule has 0 fully saturated rings. The molecule has 0 aromatic carbocycles. The predicted octanol–water partition coefficient (Wildman–Crippen LogP) is 2.65. The van der Waals surface area contributed by atoms with Gasteiger partial charge in [0.1, 0.15) is 4.49 Å². The van der Waals surface area contributed by atoms with Crippen LogP contribution in [-0.4, -0.2) is 15.5 Å². The summed E-state index contributed by atoms with van der Waals surface area (Å²) < 4.78 is 15.5. The standard InChI is InChI=1S/C7H17O3PS/c1-5-6(2)10-11(8,9)7(3,4)12/h6,12H,5H2,1-4H3,(H,8,9). The van der Waals surface area contributed by atoms with Gasteiger partial charge in [-0.05, 0) is 27.2 Å². The van der Waals surface area contributed by atoms with Gasteiger partial charge in [-0.1, -0.05) is 6.92 Å². The van der Waals surface area contributed by atoms with Crippen LogP contribution in [0.3, 0.4) is 0 Å². The largest absolute Gasteiger partial charge is 0.343 e. The zero-order valence-corrected chi connectivity index (χ0v) is 9.73. The second-order valence-electron chi connectivity index (χ2n) is 3.34. The number of rotatable bonds is 4. The summed E-state index contributed by atoms with van der Waals surface area (Å²) in [6, 6.07) is 0. The molecule has 0 bridgehead atoms. The first-order valence-electron chi connectivity index (χ1n) is 3.94. The first kappa shape index (κ1) is 12.5. The van der Waals surface area contributed by atoms with Crippen LogP contribution in [-0.2, 0) is 9.09 Å². The third-order valence-electron chi connectivity index (χ3n) is 1.59. The quantitative estimate of drug-likeness (QED) is 0.556. The van der Waals surface area contributed by atoms with Gasteiger partial charge in [0.15, 0.2) is 0 Å². The topological polar surface area (TPSA) is 46.5 Å². The van der Waals surface area contributed by atoms with E-state index < -0.39 is 12.1 Å². The van der Waals surface area contributed by atoms with Crippen LogP contribution in [0.4, 0.5) is 0 Å². The van der Waals surface area contributed by atoms with Crippen molar-refractivity contribution < 1.29 is 14.0 Å².